The molecule has 64 heavy (non-hydrogen) atoms. The number of aromatic nitrogens is 3. The highest BCUT2D eigenvalue weighted by Crippen LogP contribution is 2.27. The zero-order valence-electron chi connectivity index (χ0n) is 35.0. The summed E-state index contributed by atoms with van der Waals surface area (Å²) < 4.78 is 0. The zero-order chi connectivity index (χ0) is 43.2. The largest absolute Gasteiger partial charge is 0.238 e. The highest BCUT2D eigenvalue weighted by molar-refractivity contribution is 7.20. The van der Waals surface area contributed by atoms with E-state index in [-0.39, 0.29) is 0 Å². The molecule has 0 aliphatic rings. The third kappa shape index (κ3) is 7.29. The lowest BCUT2D eigenvalue weighted by Crippen LogP contribution is -2.74. The molecule has 9 aromatic carbocycles. The third-order valence-corrected chi connectivity index (χ3v) is 21.8. The molecule has 1 aromatic heterocycles. The van der Waals surface area contributed by atoms with Crippen LogP contribution in [-0.2, 0) is 0 Å². The average molecular weight is 851 g/mol. The molecule has 0 N–H and O–H groups in total. The van der Waals surface area contributed by atoms with Crippen molar-refractivity contribution in [3.63, 3.8) is 0 Å². The first-order valence-electron chi connectivity index (χ1n) is 21.5. The first kappa shape index (κ1) is 40.0. The van der Waals surface area contributed by atoms with Crippen molar-refractivity contribution in [3.05, 3.63) is 266 Å². The zero-order valence-corrected chi connectivity index (χ0v) is 37.0. The molecule has 0 fully saturated rings. The summed E-state index contributed by atoms with van der Waals surface area (Å²) in [6.07, 6.45) is 0. The van der Waals surface area contributed by atoms with Crippen molar-refractivity contribution in [2.75, 3.05) is 0 Å². The van der Waals surface area contributed by atoms with Gasteiger partial charge in [0.15, 0.2) is 39.3 Å². The van der Waals surface area contributed by atoms with Gasteiger partial charge in [-0.15, -0.1) is 0 Å². The van der Waals surface area contributed by atoms with E-state index >= 15 is 0 Å². The van der Waals surface area contributed by atoms with E-state index in [1.165, 1.54) is 41.5 Å². The smallest absolute Gasteiger partial charge is 0.187 e. The molecule has 10 aromatic rings. The van der Waals surface area contributed by atoms with Crippen LogP contribution in [0.5, 0.6) is 0 Å². The minimum atomic E-state index is -2.86. The molecule has 0 bridgehead atoms. The van der Waals surface area contributed by atoms with E-state index in [1.54, 1.807) is 0 Å². The minimum absolute atomic E-state index is 0.511. The third-order valence-electron chi connectivity index (χ3n) is 12.2. The van der Waals surface area contributed by atoms with E-state index in [4.69, 9.17) is 21.5 Å². The lowest BCUT2D eigenvalue weighted by Gasteiger charge is -2.34. The number of hydrogen-bond acceptors (Lipinski definition) is 3. The summed E-state index contributed by atoms with van der Waals surface area (Å²) in [6.45, 7) is 7.83. The van der Waals surface area contributed by atoms with Crippen LogP contribution in [0.25, 0.3) is 39.0 Å². The highest BCUT2D eigenvalue weighted by atomic mass is 28.3. The average Bonchev–Trinajstić information content (AvgIpc) is 3.39. The summed E-state index contributed by atoms with van der Waals surface area (Å²) in [4.78, 5) is 19.6. The predicted molar refractivity (Wildman–Crippen MR) is 270 cm³/mol. The second kappa shape index (κ2) is 17.7. The Balaban J connectivity index is 1.21. The van der Waals surface area contributed by atoms with Gasteiger partial charge in [-0.3, -0.25) is 0 Å². The second-order valence-electron chi connectivity index (χ2n) is 15.8. The van der Waals surface area contributed by atoms with Crippen LogP contribution in [0.15, 0.2) is 255 Å². The van der Waals surface area contributed by atoms with Gasteiger partial charge in [0.2, 0.25) is 0 Å². The van der Waals surface area contributed by atoms with E-state index in [1.807, 2.05) is 24.3 Å². The van der Waals surface area contributed by atoms with E-state index in [2.05, 4.69) is 235 Å². The van der Waals surface area contributed by atoms with Crippen LogP contribution < -0.4 is 41.5 Å². The van der Waals surface area contributed by atoms with Gasteiger partial charge in [-0.2, -0.15) is 0 Å². The summed E-state index contributed by atoms with van der Waals surface area (Å²) in [7, 11) is -5.71. The molecule has 4 nitrogen and oxygen atoms in total. The number of nitrogens with zero attached hydrogens (tertiary/aromatic N) is 4. The van der Waals surface area contributed by atoms with Gasteiger partial charge in [0.25, 0.3) is 0 Å². The first-order valence-corrected chi connectivity index (χ1v) is 25.5. The van der Waals surface area contributed by atoms with Gasteiger partial charge < -0.3 is 0 Å². The fourth-order valence-corrected chi connectivity index (χ4v) is 19.0. The molecule has 0 atom stereocenters. The number of benzene rings is 9. The Morgan fingerprint density at radius 2 is 0.516 bits per heavy atom. The molecule has 1 heterocycles. The van der Waals surface area contributed by atoms with Crippen molar-refractivity contribution in [2.24, 2.45) is 0 Å². The van der Waals surface area contributed by atoms with Crippen LogP contribution >= 0.6 is 0 Å². The van der Waals surface area contributed by atoms with Crippen LogP contribution in [-0.4, -0.2) is 31.1 Å². The van der Waals surface area contributed by atoms with Gasteiger partial charge in [0.05, 0.1) is 6.57 Å². The topological polar surface area (TPSA) is 43.0 Å². The van der Waals surface area contributed by atoms with E-state index in [0.717, 1.165) is 16.7 Å². The Labute approximate surface area is 376 Å². The lowest BCUT2D eigenvalue weighted by molar-refractivity contribution is 1.07. The van der Waals surface area contributed by atoms with Crippen molar-refractivity contribution in [3.8, 4) is 34.2 Å². The van der Waals surface area contributed by atoms with E-state index in [9.17, 15) is 0 Å². The van der Waals surface area contributed by atoms with Gasteiger partial charge in [-0.05, 0) is 47.6 Å². The Morgan fingerprint density at radius 1 is 0.266 bits per heavy atom. The fourth-order valence-electron chi connectivity index (χ4n) is 9.39. The van der Waals surface area contributed by atoms with Crippen molar-refractivity contribution in [2.45, 2.75) is 0 Å². The maximum atomic E-state index is 7.83. The van der Waals surface area contributed by atoms with Gasteiger partial charge >= 0.3 is 0 Å². The molecule has 0 saturated carbocycles. The molecule has 0 unspecified atom stereocenters. The molecule has 0 radical (unpaired) electrons. The fraction of sp³-hybridized carbons (Fsp3) is 0. The second-order valence-corrected chi connectivity index (χ2v) is 23.4. The summed E-state index contributed by atoms with van der Waals surface area (Å²) in [6, 6.07) is 90.8. The van der Waals surface area contributed by atoms with Crippen molar-refractivity contribution in [1.29, 1.82) is 0 Å². The number of rotatable bonds is 11. The van der Waals surface area contributed by atoms with Gasteiger partial charge in [-0.25, -0.2) is 19.8 Å². The van der Waals surface area contributed by atoms with Gasteiger partial charge in [0.1, 0.15) is 0 Å². The first-order chi connectivity index (χ1) is 31.7. The maximum absolute atomic E-state index is 7.83. The summed E-state index contributed by atoms with van der Waals surface area (Å²) in [5, 5.41) is 10.2. The van der Waals surface area contributed by atoms with Crippen LogP contribution in [0, 0.1) is 6.57 Å². The molecule has 0 aliphatic carbocycles. The van der Waals surface area contributed by atoms with Gasteiger partial charge in [-0.1, -0.05) is 249 Å². The Hall–Kier alpha value is -8.09. The van der Waals surface area contributed by atoms with E-state index < -0.39 is 16.1 Å². The number of hydrogen-bond donors (Lipinski definition) is 0. The van der Waals surface area contributed by atoms with Crippen LogP contribution in [0.3, 0.4) is 0 Å². The van der Waals surface area contributed by atoms with Crippen LogP contribution in [0.4, 0.5) is 5.69 Å². The van der Waals surface area contributed by atoms with Crippen LogP contribution in [0.1, 0.15) is 0 Å². The molecule has 10 rings (SSSR count). The van der Waals surface area contributed by atoms with Crippen molar-refractivity contribution in [1.82, 2.24) is 15.0 Å². The molecule has 0 aliphatic heterocycles. The molecular formula is C58H42N4Si2. The maximum Gasteiger partial charge on any atom is 0.187 e. The predicted octanol–water partition coefficient (Wildman–Crippen LogP) is 8.18. The Morgan fingerprint density at radius 3 is 0.797 bits per heavy atom. The lowest BCUT2D eigenvalue weighted by atomic mass is 10.1. The molecular weight excluding hydrogens is 809 g/mol. The van der Waals surface area contributed by atoms with Crippen molar-refractivity contribution < 1.29 is 0 Å². The summed E-state index contributed by atoms with van der Waals surface area (Å²) >= 11 is 0. The monoisotopic (exact) mass is 850 g/mol. The minimum Gasteiger partial charge on any atom is -0.238 e. The SMILES string of the molecule is [C-]#[N+]c1cccc(-c2nc(-c3cccc([Si](c4ccccc4)(c4ccccc4)c4ccccc4)c3)nc(-c3cccc([Si](c4ccccc4)(c4ccccc4)c4ccccc4)c3)n2)c1. The molecule has 0 spiro atoms. The Bertz CT molecular complexity index is 2830. The van der Waals surface area contributed by atoms with Gasteiger partial charge in [0, 0.05) is 16.7 Å². The normalized spacial score (nSPS) is 11.4. The summed E-state index contributed by atoms with van der Waals surface area (Å²) in [5.41, 5.74) is 3.06. The Kier molecular flexibility index (Phi) is 11.1. The molecule has 0 saturated heterocycles. The standard InChI is InChI=1S/C58H42N4Si2/c1-59-47-26-20-23-44(41-47)56-60-57(45-24-21-39-54(42-45)63(48-27-8-2-9-28-48,49-29-10-3-11-30-49)50-31-12-4-13-32-50)62-58(61-56)46-25-22-40-55(43-46)64(51-33-14-5-15-34-51,52-35-16-6-17-36-52)53-37-18-7-19-38-53/h2-43H. The van der Waals surface area contributed by atoms with E-state index in [0.29, 0.717) is 23.2 Å². The highest BCUT2D eigenvalue weighted by Gasteiger charge is 2.43. The van der Waals surface area contributed by atoms with Crippen LogP contribution in [0.2, 0.25) is 0 Å². The molecule has 302 valence electrons. The molecule has 0 amide bonds. The summed E-state index contributed by atoms with van der Waals surface area (Å²) in [5.74, 6) is 1.64. The van der Waals surface area contributed by atoms with Crippen molar-refractivity contribution >= 4 is 63.3 Å². The molecule has 6 heteroatoms. The quantitative estimate of drug-likeness (QED) is 0.0750.